The lowest BCUT2D eigenvalue weighted by atomic mass is 9.93. The summed E-state index contributed by atoms with van der Waals surface area (Å²) >= 11 is 0. The number of ether oxygens (including phenoxy) is 2. The first-order valence-electron chi connectivity index (χ1n) is 8.68. The van der Waals surface area contributed by atoms with Crippen molar-refractivity contribution in [3.05, 3.63) is 35.4 Å². The molecule has 0 saturated carbocycles. The molecule has 0 bridgehead atoms. The molecule has 0 radical (unpaired) electrons. The summed E-state index contributed by atoms with van der Waals surface area (Å²) in [6.45, 7) is 11.3. The molecular weight excluding hydrogens is 272 g/mol. The highest BCUT2D eigenvalue weighted by molar-refractivity contribution is 5.55. The third-order valence-corrected chi connectivity index (χ3v) is 4.09. The zero-order chi connectivity index (χ0) is 16.4. The van der Waals surface area contributed by atoms with Gasteiger partial charge < -0.3 is 9.47 Å². The zero-order valence-corrected chi connectivity index (χ0v) is 14.8. The molecule has 0 fully saturated rings. The van der Waals surface area contributed by atoms with E-state index in [9.17, 15) is 0 Å². The normalized spacial score (nSPS) is 10.5. The quantitative estimate of drug-likeness (QED) is 0.396. The van der Waals surface area contributed by atoms with E-state index in [-0.39, 0.29) is 0 Å². The lowest BCUT2D eigenvalue weighted by Gasteiger charge is -2.20. The Morgan fingerprint density at radius 1 is 1.05 bits per heavy atom. The fraction of sp³-hybridized carbons (Fsp3) is 0.600. The second-order valence-corrected chi connectivity index (χ2v) is 5.63. The number of benzene rings is 1. The molecule has 0 aromatic heterocycles. The van der Waals surface area contributed by atoms with Crippen LogP contribution in [0.25, 0.3) is 0 Å². The number of rotatable bonds is 11. The minimum absolute atomic E-state index is 0.771. The fourth-order valence-corrected chi connectivity index (χ4v) is 2.96. The van der Waals surface area contributed by atoms with Gasteiger partial charge in [0.05, 0.1) is 13.7 Å². The number of hydrogen-bond donors (Lipinski definition) is 0. The molecule has 2 heteroatoms. The van der Waals surface area contributed by atoms with Crippen molar-refractivity contribution in [3.63, 3.8) is 0 Å². The van der Waals surface area contributed by atoms with Gasteiger partial charge in [-0.1, -0.05) is 46.1 Å². The average Bonchev–Trinajstić information content (AvgIpc) is 2.54. The Kier molecular flexibility index (Phi) is 8.72. The van der Waals surface area contributed by atoms with E-state index in [1.165, 1.54) is 36.0 Å². The minimum Gasteiger partial charge on any atom is -0.493 e. The molecule has 0 saturated heterocycles. The van der Waals surface area contributed by atoms with Crippen LogP contribution in [0.1, 0.15) is 63.1 Å². The second kappa shape index (κ2) is 10.3. The summed E-state index contributed by atoms with van der Waals surface area (Å²) in [4.78, 5) is 0. The number of unbranched alkanes of at least 4 members (excludes halogenated alkanes) is 3. The van der Waals surface area contributed by atoms with Crippen LogP contribution in [-0.4, -0.2) is 13.7 Å². The van der Waals surface area contributed by atoms with E-state index in [2.05, 4.69) is 33.4 Å². The summed E-state index contributed by atoms with van der Waals surface area (Å²) in [6.07, 6.45) is 9.68. The van der Waals surface area contributed by atoms with Crippen molar-refractivity contribution in [2.24, 2.45) is 0 Å². The maximum atomic E-state index is 6.12. The molecule has 1 aromatic rings. The van der Waals surface area contributed by atoms with Crippen LogP contribution in [0.3, 0.4) is 0 Å². The van der Waals surface area contributed by atoms with Crippen molar-refractivity contribution in [2.45, 2.75) is 65.7 Å². The summed E-state index contributed by atoms with van der Waals surface area (Å²) in [6, 6.07) is 2.13. The number of allylic oxidation sites excluding steroid dienone is 1. The predicted octanol–water partition coefficient (Wildman–Crippen LogP) is 5.51. The summed E-state index contributed by atoms with van der Waals surface area (Å²) in [7, 11) is 1.72. The molecule has 0 N–H and O–H groups in total. The molecule has 124 valence electrons. The molecule has 0 atom stereocenters. The first kappa shape index (κ1) is 18.6. The largest absolute Gasteiger partial charge is 0.493 e. The molecule has 0 aliphatic heterocycles. The standard InChI is InChI=1S/C20H32O2/c1-6-10-11-12-14-22-20-18(9-4)17(8-3)16(13-7-2)15-19(20)21-5/h7,15H,2,6,8-14H2,1,3-5H3. The molecular formula is C20H32O2. The molecule has 0 aliphatic rings. The molecule has 1 rings (SSSR count). The van der Waals surface area contributed by atoms with E-state index >= 15 is 0 Å². The van der Waals surface area contributed by atoms with Gasteiger partial charge in [0.25, 0.3) is 0 Å². The fourth-order valence-electron chi connectivity index (χ4n) is 2.96. The number of hydrogen-bond acceptors (Lipinski definition) is 2. The summed E-state index contributed by atoms with van der Waals surface area (Å²) in [5, 5.41) is 0. The van der Waals surface area contributed by atoms with Crippen molar-refractivity contribution in [1.29, 1.82) is 0 Å². The van der Waals surface area contributed by atoms with Gasteiger partial charge in [0, 0.05) is 5.56 Å². The van der Waals surface area contributed by atoms with Crippen molar-refractivity contribution >= 4 is 0 Å². The highest BCUT2D eigenvalue weighted by Gasteiger charge is 2.17. The summed E-state index contributed by atoms with van der Waals surface area (Å²) < 4.78 is 11.7. The smallest absolute Gasteiger partial charge is 0.164 e. The minimum atomic E-state index is 0.771. The van der Waals surface area contributed by atoms with Crippen LogP contribution in [0, 0.1) is 0 Å². The van der Waals surface area contributed by atoms with E-state index in [0.29, 0.717) is 0 Å². The van der Waals surface area contributed by atoms with Crippen LogP contribution >= 0.6 is 0 Å². The van der Waals surface area contributed by atoms with Gasteiger partial charge in [0.2, 0.25) is 0 Å². The first-order valence-corrected chi connectivity index (χ1v) is 8.68. The van der Waals surface area contributed by atoms with Gasteiger partial charge >= 0.3 is 0 Å². The van der Waals surface area contributed by atoms with Crippen LogP contribution in [0.15, 0.2) is 18.7 Å². The molecule has 0 spiro atoms. The van der Waals surface area contributed by atoms with E-state index in [1.54, 1.807) is 7.11 Å². The maximum absolute atomic E-state index is 6.12. The van der Waals surface area contributed by atoms with Crippen LogP contribution in [0.4, 0.5) is 0 Å². The van der Waals surface area contributed by atoms with Gasteiger partial charge in [-0.3, -0.25) is 0 Å². The lowest BCUT2D eigenvalue weighted by Crippen LogP contribution is -2.07. The Bertz CT molecular complexity index is 463. The van der Waals surface area contributed by atoms with Crippen LogP contribution < -0.4 is 9.47 Å². The van der Waals surface area contributed by atoms with Gasteiger partial charge in [-0.15, -0.1) is 6.58 Å². The van der Waals surface area contributed by atoms with Crippen molar-refractivity contribution < 1.29 is 9.47 Å². The summed E-state index contributed by atoms with van der Waals surface area (Å²) in [5.74, 6) is 1.81. The molecule has 0 amide bonds. The Hall–Kier alpha value is -1.44. The summed E-state index contributed by atoms with van der Waals surface area (Å²) in [5.41, 5.74) is 4.01. The molecule has 0 aliphatic carbocycles. The Labute approximate surface area is 136 Å². The average molecular weight is 304 g/mol. The predicted molar refractivity (Wildman–Crippen MR) is 95.3 cm³/mol. The van der Waals surface area contributed by atoms with Crippen LogP contribution in [0.5, 0.6) is 11.5 Å². The second-order valence-electron chi connectivity index (χ2n) is 5.63. The van der Waals surface area contributed by atoms with Crippen LogP contribution in [-0.2, 0) is 19.3 Å². The SMILES string of the molecule is C=CCc1cc(OC)c(OCCCCCC)c(CC)c1CC. The Balaban J connectivity index is 3.04. The van der Waals surface area contributed by atoms with E-state index in [4.69, 9.17) is 9.47 Å². The first-order chi connectivity index (χ1) is 10.7. The third-order valence-electron chi connectivity index (χ3n) is 4.09. The molecule has 1 aromatic carbocycles. The highest BCUT2D eigenvalue weighted by atomic mass is 16.5. The van der Waals surface area contributed by atoms with Gasteiger partial charge in [0.1, 0.15) is 0 Å². The maximum Gasteiger partial charge on any atom is 0.164 e. The van der Waals surface area contributed by atoms with E-state index < -0.39 is 0 Å². The van der Waals surface area contributed by atoms with Gasteiger partial charge in [-0.2, -0.15) is 0 Å². The number of methoxy groups -OCH3 is 1. The van der Waals surface area contributed by atoms with E-state index in [1.807, 2.05) is 6.08 Å². The van der Waals surface area contributed by atoms with Crippen LogP contribution in [0.2, 0.25) is 0 Å². The topological polar surface area (TPSA) is 18.5 Å². The van der Waals surface area contributed by atoms with Gasteiger partial charge in [-0.25, -0.2) is 0 Å². The zero-order valence-electron chi connectivity index (χ0n) is 14.8. The van der Waals surface area contributed by atoms with Crippen molar-refractivity contribution in [1.82, 2.24) is 0 Å². The Morgan fingerprint density at radius 2 is 1.77 bits per heavy atom. The van der Waals surface area contributed by atoms with Crippen molar-refractivity contribution in [2.75, 3.05) is 13.7 Å². The van der Waals surface area contributed by atoms with Gasteiger partial charge in [-0.05, 0) is 42.9 Å². The molecule has 0 unspecified atom stereocenters. The Morgan fingerprint density at radius 3 is 2.32 bits per heavy atom. The molecule has 2 nitrogen and oxygen atoms in total. The molecule has 22 heavy (non-hydrogen) atoms. The lowest BCUT2D eigenvalue weighted by molar-refractivity contribution is 0.282. The third kappa shape index (κ3) is 4.79. The van der Waals surface area contributed by atoms with Gasteiger partial charge in [0.15, 0.2) is 11.5 Å². The van der Waals surface area contributed by atoms with Crippen molar-refractivity contribution in [3.8, 4) is 11.5 Å². The van der Waals surface area contributed by atoms with E-state index in [0.717, 1.165) is 43.8 Å². The highest BCUT2D eigenvalue weighted by Crippen LogP contribution is 2.37. The molecule has 0 heterocycles. The monoisotopic (exact) mass is 304 g/mol.